The summed E-state index contributed by atoms with van der Waals surface area (Å²) < 4.78 is 0. The van der Waals surface area contributed by atoms with Crippen LogP contribution in [0.15, 0.2) is 30.5 Å². The average molecular weight is 341 g/mol. The normalized spacial score (nSPS) is 20.6. The van der Waals surface area contributed by atoms with Crippen molar-refractivity contribution in [2.24, 2.45) is 5.92 Å². The first-order valence-electron chi connectivity index (χ1n) is 9.86. The van der Waals surface area contributed by atoms with E-state index in [2.05, 4.69) is 24.1 Å². The van der Waals surface area contributed by atoms with Gasteiger partial charge in [-0.15, -0.1) is 0 Å². The molecule has 0 atom stereocenters. The highest BCUT2D eigenvalue weighted by Gasteiger charge is 2.27. The molecule has 1 aromatic carbocycles. The molecule has 1 aliphatic rings. The fourth-order valence-electron chi connectivity index (χ4n) is 4.13. The quantitative estimate of drug-likeness (QED) is 0.688. The van der Waals surface area contributed by atoms with Gasteiger partial charge in [0, 0.05) is 35.4 Å². The summed E-state index contributed by atoms with van der Waals surface area (Å²) in [6, 6.07) is 8.46. The van der Waals surface area contributed by atoms with Crippen LogP contribution in [-0.4, -0.2) is 28.5 Å². The summed E-state index contributed by atoms with van der Waals surface area (Å²) in [4.78, 5) is 18.0. The van der Waals surface area contributed by atoms with E-state index in [9.17, 15) is 4.79 Å². The highest BCUT2D eigenvalue weighted by atomic mass is 16.2. The molecule has 0 unspecified atom stereocenters. The number of carbonyl (C=O) groups is 1. The molecule has 136 valence electrons. The third kappa shape index (κ3) is 4.36. The lowest BCUT2D eigenvalue weighted by molar-refractivity contribution is 0.155. The molecule has 3 rings (SSSR count). The van der Waals surface area contributed by atoms with Gasteiger partial charge in [0.1, 0.15) is 0 Å². The van der Waals surface area contributed by atoms with Crippen LogP contribution in [0.4, 0.5) is 10.5 Å². The largest absolute Gasteiger partial charge is 0.361 e. The highest BCUT2D eigenvalue weighted by molar-refractivity contribution is 5.93. The Kier molecular flexibility index (Phi) is 6.00. The van der Waals surface area contributed by atoms with Crippen LogP contribution >= 0.6 is 0 Å². The number of nitrogens with zero attached hydrogens (tertiary/aromatic N) is 1. The van der Waals surface area contributed by atoms with Crippen LogP contribution in [0, 0.1) is 5.92 Å². The fourth-order valence-corrected chi connectivity index (χ4v) is 4.13. The standard InChI is InChI=1S/C21H31N3O/c1-3-5-6-16-7-10-19(11-8-16)24(4-2)21(25)23-18-9-12-20-17(15-18)13-14-22-20/h9,12-16,19,22H,3-8,10-11H2,1-2H3,(H,23,25). The summed E-state index contributed by atoms with van der Waals surface area (Å²) in [5.74, 6) is 0.869. The van der Waals surface area contributed by atoms with Crippen molar-refractivity contribution in [1.82, 2.24) is 9.88 Å². The van der Waals surface area contributed by atoms with Crippen molar-refractivity contribution in [3.8, 4) is 0 Å². The van der Waals surface area contributed by atoms with E-state index in [-0.39, 0.29) is 6.03 Å². The van der Waals surface area contributed by atoms with Crippen molar-refractivity contribution in [1.29, 1.82) is 0 Å². The highest BCUT2D eigenvalue weighted by Crippen LogP contribution is 2.31. The van der Waals surface area contributed by atoms with E-state index in [0.29, 0.717) is 6.04 Å². The summed E-state index contributed by atoms with van der Waals surface area (Å²) in [6.07, 6.45) is 10.7. The number of aromatic nitrogens is 1. The van der Waals surface area contributed by atoms with Crippen LogP contribution < -0.4 is 5.32 Å². The van der Waals surface area contributed by atoms with Crippen molar-refractivity contribution >= 4 is 22.6 Å². The van der Waals surface area contributed by atoms with Crippen molar-refractivity contribution in [2.75, 3.05) is 11.9 Å². The summed E-state index contributed by atoms with van der Waals surface area (Å²) in [5.41, 5.74) is 1.96. The van der Waals surface area contributed by atoms with Gasteiger partial charge in [-0.3, -0.25) is 0 Å². The maximum atomic E-state index is 12.8. The minimum atomic E-state index is 0.0365. The molecule has 25 heavy (non-hydrogen) atoms. The number of unbranched alkanes of at least 4 members (excludes halogenated alkanes) is 1. The summed E-state index contributed by atoms with van der Waals surface area (Å²) >= 11 is 0. The number of urea groups is 1. The number of anilines is 1. The monoisotopic (exact) mass is 341 g/mol. The van der Waals surface area contributed by atoms with Crippen LogP contribution in [0.3, 0.4) is 0 Å². The number of amides is 2. The predicted molar refractivity (Wildman–Crippen MR) is 105 cm³/mol. The number of hydrogen-bond acceptors (Lipinski definition) is 1. The van der Waals surface area contributed by atoms with Gasteiger partial charge < -0.3 is 15.2 Å². The third-order valence-corrected chi connectivity index (χ3v) is 5.63. The number of aromatic amines is 1. The molecule has 2 amide bonds. The van der Waals surface area contributed by atoms with Crippen molar-refractivity contribution in [3.05, 3.63) is 30.5 Å². The van der Waals surface area contributed by atoms with E-state index in [1.807, 2.05) is 35.4 Å². The first-order chi connectivity index (χ1) is 12.2. The van der Waals surface area contributed by atoms with Crippen molar-refractivity contribution in [3.63, 3.8) is 0 Å². The fraction of sp³-hybridized carbons (Fsp3) is 0.571. The number of benzene rings is 1. The molecule has 1 heterocycles. The van der Waals surface area contributed by atoms with Gasteiger partial charge in [-0.05, 0) is 62.8 Å². The van der Waals surface area contributed by atoms with Gasteiger partial charge in [0.05, 0.1) is 0 Å². The molecule has 2 N–H and O–H groups in total. The molecule has 0 saturated heterocycles. The molecule has 0 spiro atoms. The Morgan fingerprint density at radius 2 is 2.00 bits per heavy atom. The second-order valence-electron chi connectivity index (χ2n) is 7.31. The number of H-pyrrole nitrogens is 1. The van der Waals surface area contributed by atoms with Crippen LogP contribution in [0.25, 0.3) is 10.9 Å². The maximum Gasteiger partial charge on any atom is 0.322 e. The number of carbonyl (C=O) groups excluding carboxylic acids is 1. The van der Waals surface area contributed by atoms with Crippen LogP contribution in [0.5, 0.6) is 0 Å². The SMILES string of the molecule is CCCCC1CCC(N(CC)C(=O)Nc2ccc3[nH]ccc3c2)CC1. The van der Waals surface area contributed by atoms with Gasteiger partial charge in [0.2, 0.25) is 0 Å². The van der Waals surface area contributed by atoms with E-state index in [1.54, 1.807) is 0 Å². The molecule has 0 bridgehead atoms. The van der Waals surface area contributed by atoms with Crippen LogP contribution in [-0.2, 0) is 0 Å². The molecule has 1 aromatic heterocycles. The zero-order chi connectivity index (χ0) is 17.6. The molecule has 1 saturated carbocycles. The Balaban J connectivity index is 1.57. The Labute approximate surface area is 151 Å². The van der Waals surface area contributed by atoms with Gasteiger partial charge in [-0.25, -0.2) is 4.79 Å². The van der Waals surface area contributed by atoms with Crippen molar-refractivity contribution < 1.29 is 4.79 Å². The first-order valence-corrected chi connectivity index (χ1v) is 9.86. The molecule has 2 aromatic rings. The zero-order valence-electron chi connectivity index (χ0n) is 15.6. The molecule has 0 radical (unpaired) electrons. The topological polar surface area (TPSA) is 48.1 Å². The summed E-state index contributed by atoms with van der Waals surface area (Å²) in [6.45, 7) is 5.11. The van der Waals surface area contributed by atoms with Gasteiger partial charge >= 0.3 is 6.03 Å². The first kappa shape index (κ1) is 17.8. The second-order valence-corrected chi connectivity index (χ2v) is 7.31. The average Bonchev–Trinajstić information content (AvgIpc) is 3.09. The van der Waals surface area contributed by atoms with Gasteiger partial charge in [0.15, 0.2) is 0 Å². The van der Waals surface area contributed by atoms with E-state index in [0.717, 1.165) is 41.9 Å². The second kappa shape index (κ2) is 8.41. The molecule has 1 aliphatic carbocycles. The van der Waals surface area contributed by atoms with Gasteiger partial charge in [0.25, 0.3) is 0 Å². The Bertz CT molecular complexity index is 685. The Morgan fingerprint density at radius 1 is 1.20 bits per heavy atom. The van der Waals surface area contributed by atoms with E-state index < -0.39 is 0 Å². The summed E-state index contributed by atoms with van der Waals surface area (Å²) in [7, 11) is 0. The predicted octanol–water partition coefficient (Wildman–Crippen LogP) is 5.77. The lowest BCUT2D eigenvalue weighted by atomic mass is 9.82. The number of fused-ring (bicyclic) bond motifs is 1. The number of rotatable bonds is 6. The van der Waals surface area contributed by atoms with Crippen molar-refractivity contribution in [2.45, 2.75) is 64.8 Å². The lowest BCUT2D eigenvalue weighted by Crippen LogP contribution is -2.44. The van der Waals surface area contributed by atoms with Gasteiger partial charge in [-0.1, -0.05) is 26.2 Å². The molecule has 1 fully saturated rings. The van der Waals surface area contributed by atoms with E-state index in [4.69, 9.17) is 0 Å². The van der Waals surface area contributed by atoms with Gasteiger partial charge in [-0.2, -0.15) is 0 Å². The van der Waals surface area contributed by atoms with Crippen LogP contribution in [0.2, 0.25) is 0 Å². The number of nitrogens with one attached hydrogen (secondary N) is 2. The number of hydrogen-bond donors (Lipinski definition) is 2. The molecular formula is C21H31N3O. The summed E-state index contributed by atoms with van der Waals surface area (Å²) in [5, 5.41) is 4.21. The van der Waals surface area contributed by atoms with E-state index in [1.165, 1.54) is 32.1 Å². The molecular weight excluding hydrogens is 310 g/mol. The molecule has 0 aliphatic heterocycles. The third-order valence-electron chi connectivity index (χ3n) is 5.63. The minimum absolute atomic E-state index is 0.0365. The molecule has 4 nitrogen and oxygen atoms in total. The van der Waals surface area contributed by atoms with Crippen LogP contribution in [0.1, 0.15) is 58.8 Å². The lowest BCUT2D eigenvalue weighted by Gasteiger charge is -2.36. The molecule has 4 heteroatoms. The Morgan fingerprint density at radius 3 is 2.72 bits per heavy atom. The Hall–Kier alpha value is -1.97. The smallest absolute Gasteiger partial charge is 0.322 e. The zero-order valence-corrected chi connectivity index (χ0v) is 15.6. The maximum absolute atomic E-state index is 12.8. The minimum Gasteiger partial charge on any atom is -0.361 e. The van der Waals surface area contributed by atoms with E-state index >= 15 is 0 Å².